The van der Waals surface area contributed by atoms with Crippen molar-refractivity contribution in [2.24, 2.45) is 0 Å². The highest BCUT2D eigenvalue weighted by Crippen LogP contribution is 2.32. The van der Waals surface area contributed by atoms with E-state index in [1.54, 1.807) is 6.20 Å². The number of benzene rings is 1. The maximum Gasteiger partial charge on any atom is 0.161 e. The summed E-state index contributed by atoms with van der Waals surface area (Å²) in [6.07, 6.45) is 5.67. The standard InChI is InChI=1S/C20H21FN6/c1-12-24-18-16(21)9-14(20-23-11-13-3-6-22-19(13)25-20)10-17(18)27(12)15-4-7-26(2)8-5-15/h3,6,9-11,15H,4-5,7-8H2,1-2H3,(H,22,23,25). The number of rotatable bonds is 2. The molecule has 4 aromatic rings. The summed E-state index contributed by atoms with van der Waals surface area (Å²) in [6.45, 7) is 4.04. The van der Waals surface area contributed by atoms with Crippen LogP contribution < -0.4 is 0 Å². The van der Waals surface area contributed by atoms with Gasteiger partial charge in [0.15, 0.2) is 11.6 Å². The van der Waals surface area contributed by atoms with Crippen LogP contribution >= 0.6 is 0 Å². The zero-order valence-corrected chi connectivity index (χ0v) is 15.4. The van der Waals surface area contributed by atoms with Gasteiger partial charge in [-0.25, -0.2) is 19.3 Å². The second-order valence-electron chi connectivity index (χ2n) is 7.36. The lowest BCUT2D eigenvalue weighted by molar-refractivity contribution is 0.222. The number of imidazole rings is 1. The van der Waals surface area contributed by atoms with E-state index in [0.717, 1.165) is 48.3 Å². The van der Waals surface area contributed by atoms with E-state index in [1.165, 1.54) is 6.07 Å². The SMILES string of the molecule is Cc1nc2c(F)cc(-c3ncc4cc[nH]c4n3)cc2n1C1CCN(C)CC1. The number of fused-ring (bicyclic) bond motifs is 2. The number of piperidine rings is 1. The topological polar surface area (TPSA) is 62.6 Å². The van der Waals surface area contributed by atoms with E-state index in [2.05, 4.69) is 36.5 Å². The lowest BCUT2D eigenvalue weighted by Gasteiger charge is -2.30. The third-order valence-corrected chi connectivity index (χ3v) is 5.54. The van der Waals surface area contributed by atoms with Crippen molar-refractivity contribution in [3.8, 4) is 11.4 Å². The Labute approximate surface area is 156 Å². The van der Waals surface area contributed by atoms with Crippen LogP contribution in [0, 0.1) is 12.7 Å². The summed E-state index contributed by atoms with van der Waals surface area (Å²) >= 11 is 0. The third-order valence-electron chi connectivity index (χ3n) is 5.54. The Morgan fingerprint density at radius 3 is 2.81 bits per heavy atom. The van der Waals surface area contributed by atoms with E-state index in [1.807, 2.05) is 25.3 Å². The number of halogens is 1. The van der Waals surface area contributed by atoms with Crippen LogP contribution in [0.4, 0.5) is 4.39 Å². The van der Waals surface area contributed by atoms with Crippen molar-refractivity contribution in [3.63, 3.8) is 0 Å². The van der Waals surface area contributed by atoms with E-state index < -0.39 is 0 Å². The van der Waals surface area contributed by atoms with Gasteiger partial charge in [0.2, 0.25) is 0 Å². The number of hydrogen-bond donors (Lipinski definition) is 1. The second-order valence-corrected chi connectivity index (χ2v) is 7.36. The van der Waals surface area contributed by atoms with Crippen molar-refractivity contribution >= 4 is 22.1 Å². The van der Waals surface area contributed by atoms with Gasteiger partial charge in [-0.2, -0.15) is 0 Å². The Bertz CT molecular complexity index is 1140. The Morgan fingerprint density at radius 1 is 1.19 bits per heavy atom. The number of aryl methyl sites for hydroxylation is 1. The maximum absolute atomic E-state index is 14.9. The van der Waals surface area contributed by atoms with E-state index in [0.29, 0.717) is 22.9 Å². The average Bonchev–Trinajstić information content (AvgIpc) is 3.26. The monoisotopic (exact) mass is 364 g/mol. The normalized spacial score (nSPS) is 16.6. The molecule has 4 heterocycles. The largest absolute Gasteiger partial charge is 0.346 e. The van der Waals surface area contributed by atoms with Crippen LogP contribution in [0.5, 0.6) is 0 Å². The molecule has 7 heteroatoms. The summed E-state index contributed by atoms with van der Waals surface area (Å²) in [6, 6.07) is 5.72. The molecule has 5 rings (SSSR count). The van der Waals surface area contributed by atoms with Crippen molar-refractivity contribution in [1.82, 2.24) is 29.4 Å². The lowest BCUT2D eigenvalue weighted by Crippen LogP contribution is -2.31. The van der Waals surface area contributed by atoms with Gasteiger partial charge in [0.05, 0.1) is 5.52 Å². The molecule has 1 saturated heterocycles. The number of nitrogens with one attached hydrogen (secondary N) is 1. The van der Waals surface area contributed by atoms with Crippen molar-refractivity contribution < 1.29 is 4.39 Å². The molecule has 0 aliphatic carbocycles. The van der Waals surface area contributed by atoms with Crippen molar-refractivity contribution in [1.29, 1.82) is 0 Å². The van der Waals surface area contributed by atoms with Crippen LogP contribution in [0.1, 0.15) is 24.7 Å². The zero-order chi connectivity index (χ0) is 18.5. The molecular weight excluding hydrogens is 343 g/mol. The molecule has 138 valence electrons. The predicted molar refractivity (Wildman–Crippen MR) is 103 cm³/mol. The van der Waals surface area contributed by atoms with Crippen molar-refractivity contribution in [2.75, 3.05) is 20.1 Å². The van der Waals surface area contributed by atoms with Crippen molar-refractivity contribution in [3.05, 3.63) is 42.2 Å². The minimum Gasteiger partial charge on any atom is -0.346 e. The van der Waals surface area contributed by atoms with E-state index in [4.69, 9.17) is 0 Å². The number of hydrogen-bond acceptors (Lipinski definition) is 4. The maximum atomic E-state index is 14.9. The Hall–Kier alpha value is -2.80. The number of likely N-dealkylation sites (tertiary alicyclic amines) is 1. The fourth-order valence-corrected chi connectivity index (χ4v) is 4.09. The van der Waals surface area contributed by atoms with E-state index >= 15 is 0 Å². The van der Waals surface area contributed by atoms with Gasteiger partial charge in [-0.05, 0) is 58.1 Å². The highest BCUT2D eigenvalue weighted by molar-refractivity contribution is 5.83. The van der Waals surface area contributed by atoms with Gasteiger partial charge in [-0.15, -0.1) is 0 Å². The molecule has 1 aliphatic rings. The Morgan fingerprint density at radius 2 is 2.00 bits per heavy atom. The molecule has 0 unspecified atom stereocenters. The number of H-pyrrole nitrogens is 1. The van der Waals surface area contributed by atoms with Gasteiger partial charge < -0.3 is 14.5 Å². The van der Waals surface area contributed by atoms with Crippen LogP contribution in [-0.4, -0.2) is 49.5 Å². The highest BCUT2D eigenvalue weighted by atomic mass is 19.1. The Balaban J connectivity index is 1.65. The fraction of sp³-hybridized carbons (Fsp3) is 0.350. The van der Waals surface area contributed by atoms with Crippen LogP contribution in [-0.2, 0) is 0 Å². The van der Waals surface area contributed by atoms with Crippen LogP contribution in [0.2, 0.25) is 0 Å². The molecule has 0 radical (unpaired) electrons. The summed E-state index contributed by atoms with van der Waals surface area (Å²) in [5.41, 5.74) is 2.68. The molecule has 1 fully saturated rings. The summed E-state index contributed by atoms with van der Waals surface area (Å²) in [5.74, 6) is 1.04. The smallest absolute Gasteiger partial charge is 0.161 e. The minimum absolute atomic E-state index is 0.326. The second kappa shape index (κ2) is 6.13. The molecule has 1 aliphatic heterocycles. The van der Waals surface area contributed by atoms with Gasteiger partial charge in [-0.3, -0.25) is 0 Å². The summed E-state index contributed by atoms with van der Waals surface area (Å²) in [7, 11) is 2.14. The van der Waals surface area contributed by atoms with Crippen LogP contribution in [0.3, 0.4) is 0 Å². The molecule has 1 aromatic carbocycles. The lowest BCUT2D eigenvalue weighted by atomic mass is 10.0. The molecule has 1 N–H and O–H groups in total. The summed E-state index contributed by atoms with van der Waals surface area (Å²) in [4.78, 5) is 18.9. The fourth-order valence-electron chi connectivity index (χ4n) is 4.09. The van der Waals surface area contributed by atoms with Crippen LogP contribution in [0.25, 0.3) is 33.5 Å². The van der Waals surface area contributed by atoms with Crippen molar-refractivity contribution in [2.45, 2.75) is 25.8 Å². The number of aromatic nitrogens is 5. The molecule has 27 heavy (non-hydrogen) atoms. The van der Waals surface area contributed by atoms with Gasteiger partial charge in [0.1, 0.15) is 17.0 Å². The van der Waals surface area contributed by atoms with E-state index in [-0.39, 0.29) is 5.82 Å². The summed E-state index contributed by atoms with van der Waals surface area (Å²) in [5, 5.41) is 0.938. The zero-order valence-electron chi connectivity index (χ0n) is 15.4. The molecule has 3 aromatic heterocycles. The Kier molecular flexibility index (Phi) is 3.72. The van der Waals surface area contributed by atoms with Gasteiger partial charge in [0.25, 0.3) is 0 Å². The van der Waals surface area contributed by atoms with Gasteiger partial charge >= 0.3 is 0 Å². The highest BCUT2D eigenvalue weighted by Gasteiger charge is 2.23. The van der Waals surface area contributed by atoms with Crippen LogP contribution in [0.15, 0.2) is 30.6 Å². The van der Waals surface area contributed by atoms with Gasteiger partial charge in [-0.1, -0.05) is 0 Å². The van der Waals surface area contributed by atoms with Gasteiger partial charge in [0, 0.05) is 29.4 Å². The van der Waals surface area contributed by atoms with E-state index in [9.17, 15) is 4.39 Å². The predicted octanol–water partition coefficient (Wildman–Crippen LogP) is 3.69. The minimum atomic E-state index is -0.326. The molecular formula is C20H21FN6. The molecule has 0 atom stereocenters. The number of aromatic amines is 1. The first-order valence-electron chi connectivity index (χ1n) is 9.27. The molecule has 0 bridgehead atoms. The average molecular weight is 364 g/mol. The quantitative estimate of drug-likeness (QED) is 0.589. The molecule has 0 spiro atoms. The first-order chi connectivity index (χ1) is 13.1. The molecule has 0 saturated carbocycles. The third kappa shape index (κ3) is 2.70. The summed E-state index contributed by atoms with van der Waals surface area (Å²) < 4.78 is 17.1. The molecule has 0 amide bonds. The molecule has 6 nitrogen and oxygen atoms in total. The first kappa shape index (κ1) is 16.4. The first-order valence-corrected chi connectivity index (χ1v) is 9.27. The number of nitrogens with zero attached hydrogens (tertiary/aromatic N) is 5.